The van der Waals surface area contributed by atoms with Crippen LogP contribution in [0.5, 0.6) is 0 Å². The van der Waals surface area contributed by atoms with Gasteiger partial charge in [0.2, 0.25) is 5.91 Å². The third-order valence-corrected chi connectivity index (χ3v) is 5.53. The number of nitrogens with zero attached hydrogens (tertiary/aromatic N) is 4. The second-order valence-electron chi connectivity index (χ2n) is 5.60. The maximum absolute atomic E-state index is 12.3. The van der Waals surface area contributed by atoms with Crippen molar-refractivity contribution in [1.29, 1.82) is 0 Å². The molecule has 0 bridgehead atoms. The molecule has 0 aliphatic carbocycles. The molecule has 1 aliphatic rings. The van der Waals surface area contributed by atoms with E-state index in [-0.39, 0.29) is 12.5 Å². The van der Waals surface area contributed by atoms with Gasteiger partial charge in [0.1, 0.15) is 0 Å². The first kappa shape index (κ1) is 17.5. The van der Waals surface area contributed by atoms with Gasteiger partial charge < -0.3 is 5.32 Å². The van der Waals surface area contributed by atoms with Crippen LogP contribution >= 0.6 is 0 Å². The summed E-state index contributed by atoms with van der Waals surface area (Å²) in [5.74, 6) is 0.149. The second-order valence-corrected chi connectivity index (χ2v) is 7.74. The lowest BCUT2D eigenvalue weighted by Crippen LogP contribution is -2.43. The highest BCUT2D eigenvalue weighted by Crippen LogP contribution is 2.27. The van der Waals surface area contributed by atoms with Crippen molar-refractivity contribution in [3.63, 3.8) is 0 Å². The fourth-order valence-electron chi connectivity index (χ4n) is 2.29. The average Bonchev–Trinajstić information content (AvgIpc) is 2.47. The van der Waals surface area contributed by atoms with Crippen LogP contribution in [0.3, 0.4) is 0 Å². The summed E-state index contributed by atoms with van der Waals surface area (Å²) in [6.07, 6.45) is 3.67. The molecule has 0 saturated carbocycles. The van der Waals surface area contributed by atoms with Crippen molar-refractivity contribution < 1.29 is 13.2 Å². The van der Waals surface area contributed by atoms with Gasteiger partial charge in [0, 0.05) is 34.1 Å². The Morgan fingerprint density at radius 3 is 2.52 bits per heavy atom. The monoisotopic (exact) mass is 339 g/mol. The molecule has 0 radical (unpaired) electrons. The number of aromatic nitrogens is 2. The molecular formula is C14H21N5O3S. The van der Waals surface area contributed by atoms with Gasteiger partial charge in [-0.25, -0.2) is 4.98 Å². The number of hydrogen-bond acceptors (Lipinski definition) is 5. The molecule has 1 aromatic rings. The smallest absolute Gasteiger partial charge is 0.281 e. The first-order chi connectivity index (χ1) is 10.7. The van der Waals surface area contributed by atoms with Crippen LogP contribution in [0.15, 0.2) is 18.0 Å². The zero-order valence-electron chi connectivity index (χ0n) is 13.7. The van der Waals surface area contributed by atoms with Gasteiger partial charge >= 0.3 is 0 Å². The molecule has 1 N–H and O–H groups in total. The minimum atomic E-state index is -3.46. The fourth-order valence-corrected chi connectivity index (χ4v) is 3.37. The molecular weight excluding hydrogens is 318 g/mol. The van der Waals surface area contributed by atoms with Gasteiger partial charge in [0.05, 0.1) is 18.1 Å². The van der Waals surface area contributed by atoms with E-state index in [2.05, 4.69) is 15.3 Å². The van der Waals surface area contributed by atoms with E-state index >= 15 is 0 Å². The van der Waals surface area contributed by atoms with Crippen molar-refractivity contribution >= 4 is 27.5 Å². The lowest BCUT2D eigenvalue weighted by atomic mass is 10.0. The van der Waals surface area contributed by atoms with E-state index in [0.717, 1.165) is 11.1 Å². The number of carbonyl (C=O) groups excluding carboxylic acids is 1. The summed E-state index contributed by atoms with van der Waals surface area (Å²) in [7, 11) is -0.429. The summed E-state index contributed by atoms with van der Waals surface area (Å²) in [5.41, 5.74) is 2.57. The highest BCUT2D eigenvalue weighted by atomic mass is 32.2. The van der Waals surface area contributed by atoms with Crippen LogP contribution in [0, 0.1) is 0 Å². The van der Waals surface area contributed by atoms with E-state index in [9.17, 15) is 13.2 Å². The molecule has 1 aromatic heterocycles. The second kappa shape index (κ2) is 6.73. The molecule has 0 atom stereocenters. The van der Waals surface area contributed by atoms with Crippen molar-refractivity contribution in [2.24, 2.45) is 0 Å². The maximum atomic E-state index is 12.3. The van der Waals surface area contributed by atoms with Crippen LogP contribution in [-0.2, 0) is 15.0 Å². The third kappa shape index (κ3) is 3.92. The molecule has 0 fully saturated rings. The standard InChI is InChI=1S/C14H21N5O3S/c1-10-5-6-19(23(21,22)18(3)4)9-12(10)13-7-16-14(8-15-13)17-11(2)20/h7-8H,5-6,9H2,1-4H3,(H,16,17,20). The van der Waals surface area contributed by atoms with Gasteiger partial charge in [-0.15, -0.1) is 0 Å². The number of amides is 1. The Balaban J connectivity index is 2.26. The van der Waals surface area contributed by atoms with Gasteiger partial charge in [0.25, 0.3) is 10.2 Å². The van der Waals surface area contributed by atoms with E-state index in [0.29, 0.717) is 24.5 Å². The maximum Gasteiger partial charge on any atom is 0.281 e. The predicted octanol–water partition coefficient (Wildman–Crippen LogP) is 0.721. The first-order valence-electron chi connectivity index (χ1n) is 7.18. The van der Waals surface area contributed by atoms with Crippen LogP contribution in [0.4, 0.5) is 5.82 Å². The van der Waals surface area contributed by atoms with Crippen molar-refractivity contribution in [2.75, 3.05) is 32.5 Å². The molecule has 2 heterocycles. The van der Waals surface area contributed by atoms with E-state index in [1.165, 1.54) is 35.8 Å². The van der Waals surface area contributed by atoms with Crippen LogP contribution in [-0.4, -0.2) is 60.1 Å². The summed E-state index contributed by atoms with van der Waals surface area (Å²) < 4.78 is 27.2. The quantitative estimate of drug-likeness (QED) is 0.872. The van der Waals surface area contributed by atoms with Crippen molar-refractivity contribution in [2.45, 2.75) is 20.3 Å². The van der Waals surface area contributed by atoms with Crippen molar-refractivity contribution in [3.05, 3.63) is 23.7 Å². The lowest BCUT2D eigenvalue weighted by molar-refractivity contribution is -0.114. The fraction of sp³-hybridized carbons (Fsp3) is 0.500. The SMILES string of the molecule is CC(=O)Nc1cnc(C2=C(C)CCN(S(=O)(=O)N(C)C)C2)cn1. The number of rotatable bonds is 4. The van der Waals surface area contributed by atoms with E-state index in [4.69, 9.17) is 0 Å². The summed E-state index contributed by atoms with van der Waals surface area (Å²) in [4.78, 5) is 19.4. The molecule has 1 amide bonds. The van der Waals surface area contributed by atoms with Crippen LogP contribution in [0.1, 0.15) is 26.0 Å². The Morgan fingerprint density at radius 2 is 2.00 bits per heavy atom. The molecule has 0 unspecified atom stereocenters. The van der Waals surface area contributed by atoms with Gasteiger partial charge in [-0.3, -0.25) is 9.78 Å². The molecule has 126 valence electrons. The van der Waals surface area contributed by atoms with Crippen LogP contribution < -0.4 is 5.32 Å². The topological polar surface area (TPSA) is 95.5 Å². The minimum absolute atomic E-state index is 0.219. The molecule has 9 heteroatoms. The Bertz CT molecular complexity index is 725. The molecule has 1 aliphatic heterocycles. The van der Waals surface area contributed by atoms with Gasteiger partial charge in [-0.2, -0.15) is 17.0 Å². The molecule has 0 spiro atoms. The van der Waals surface area contributed by atoms with Crippen LogP contribution in [0.2, 0.25) is 0 Å². The molecule has 0 aromatic carbocycles. The predicted molar refractivity (Wildman–Crippen MR) is 87.7 cm³/mol. The number of anilines is 1. The van der Waals surface area contributed by atoms with Crippen molar-refractivity contribution in [1.82, 2.24) is 18.6 Å². The average molecular weight is 339 g/mol. The summed E-state index contributed by atoms with van der Waals surface area (Å²) in [5, 5.41) is 2.55. The van der Waals surface area contributed by atoms with E-state index < -0.39 is 10.2 Å². The largest absolute Gasteiger partial charge is 0.310 e. The Labute approximate surface area is 136 Å². The van der Waals surface area contributed by atoms with Gasteiger partial charge in [0.15, 0.2) is 5.82 Å². The van der Waals surface area contributed by atoms with E-state index in [1.807, 2.05) is 6.92 Å². The first-order valence-corrected chi connectivity index (χ1v) is 8.57. The van der Waals surface area contributed by atoms with E-state index in [1.54, 1.807) is 6.20 Å². The minimum Gasteiger partial charge on any atom is -0.310 e. The Kier molecular flexibility index (Phi) is 5.12. The Morgan fingerprint density at radius 1 is 1.30 bits per heavy atom. The number of carbonyl (C=O) groups is 1. The van der Waals surface area contributed by atoms with Gasteiger partial charge in [-0.05, 0) is 18.9 Å². The molecule has 8 nitrogen and oxygen atoms in total. The Hall–Kier alpha value is -1.84. The highest BCUT2D eigenvalue weighted by molar-refractivity contribution is 7.86. The molecule has 0 saturated heterocycles. The summed E-state index contributed by atoms with van der Waals surface area (Å²) in [6, 6.07) is 0. The van der Waals surface area contributed by atoms with Gasteiger partial charge in [-0.1, -0.05) is 5.57 Å². The third-order valence-electron chi connectivity index (χ3n) is 3.64. The zero-order valence-corrected chi connectivity index (χ0v) is 14.5. The zero-order chi connectivity index (χ0) is 17.2. The highest BCUT2D eigenvalue weighted by Gasteiger charge is 2.29. The normalized spacial score (nSPS) is 16.7. The number of hydrogen-bond donors (Lipinski definition) is 1. The molecule has 23 heavy (non-hydrogen) atoms. The van der Waals surface area contributed by atoms with Crippen molar-refractivity contribution in [3.8, 4) is 0 Å². The number of nitrogens with one attached hydrogen (secondary N) is 1. The molecule has 2 rings (SSSR count). The lowest BCUT2D eigenvalue weighted by Gasteiger charge is -2.30. The summed E-state index contributed by atoms with van der Waals surface area (Å²) in [6.45, 7) is 4.08. The summed E-state index contributed by atoms with van der Waals surface area (Å²) >= 11 is 0. The van der Waals surface area contributed by atoms with Crippen LogP contribution in [0.25, 0.3) is 5.57 Å².